The molecule has 0 fully saturated rings. The summed E-state index contributed by atoms with van der Waals surface area (Å²) in [7, 11) is 0. The van der Waals surface area contributed by atoms with Gasteiger partial charge in [-0.3, -0.25) is 0 Å². The number of rotatable bonds is 5. The van der Waals surface area contributed by atoms with Crippen molar-refractivity contribution in [3.8, 4) is 6.07 Å². The lowest BCUT2D eigenvalue weighted by molar-refractivity contribution is 0.562. The van der Waals surface area contributed by atoms with E-state index in [-0.39, 0.29) is 6.04 Å². The molecule has 1 aromatic rings. The Hall–Kier alpha value is -1.04. The second-order valence-corrected chi connectivity index (χ2v) is 3.87. The fourth-order valence-electron chi connectivity index (χ4n) is 1.42. The zero-order valence-electron chi connectivity index (χ0n) is 8.83. The van der Waals surface area contributed by atoms with Gasteiger partial charge in [-0.1, -0.05) is 29.8 Å². The van der Waals surface area contributed by atoms with Crippen LogP contribution in [0.25, 0.3) is 0 Å². The first-order valence-electron chi connectivity index (χ1n) is 5.10. The van der Waals surface area contributed by atoms with Crippen LogP contribution in [0.1, 0.15) is 31.4 Å². The van der Waals surface area contributed by atoms with Crippen LogP contribution in [0.4, 0.5) is 0 Å². The molecule has 0 saturated heterocycles. The highest BCUT2D eigenvalue weighted by atomic mass is 35.5. The van der Waals surface area contributed by atoms with Crippen LogP contribution in [0.15, 0.2) is 24.3 Å². The first kappa shape index (κ1) is 12.0. The third kappa shape index (κ3) is 3.91. The lowest BCUT2D eigenvalue weighted by atomic mass is 10.1. The molecule has 1 N–H and O–H groups in total. The molecule has 0 heterocycles. The van der Waals surface area contributed by atoms with E-state index in [1.165, 1.54) is 0 Å². The largest absolute Gasteiger partial charge is 0.310 e. The van der Waals surface area contributed by atoms with Crippen LogP contribution in [-0.4, -0.2) is 6.54 Å². The van der Waals surface area contributed by atoms with E-state index in [1.807, 2.05) is 24.3 Å². The molecule has 2 nitrogen and oxygen atoms in total. The molecule has 0 amide bonds. The first-order valence-corrected chi connectivity index (χ1v) is 5.48. The van der Waals surface area contributed by atoms with Gasteiger partial charge in [0.25, 0.3) is 0 Å². The molecule has 1 rings (SSSR count). The van der Waals surface area contributed by atoms with Gasteiger partial charge >= 0.3 is 0 Å². The second kappa shape index (κ2) is 6.44. The van der Waals surface area contributed by atoms with Gasteiger partial charge in [-0.25, -0.2) is 0 Å². The average molecular weight is 223 g/mol. The van der Waals surface area contributed by atoms with Crippen LogP contribution >= 0.6 is 11.6 Å². The monoisotopic (exact) mass is 222 g/mol. The highest BCUT2D eigenvalue weighted by Gasteiger charge is 2.07. The zero-order chi connectivity index (χ0) is 11.1. The van der Waals surface area contributed by atoms with Crippen molar-refractivity contribution in [3.63, 3.8) is 0 Å². The molecule has 0 bridgehead atoms. The van der Waals surface area contributed by atoms with Gasteiger partial charge in [0.2, 0.25) is 0 Å². The Bertz CT molecular complexity index is 344. The molecule has 0 unspecified atom stereocenters. The smallest absolute Gasteiger partial charge is 0.0622 e. The maximum absolute atomic E-state index is 8.39. The van der Waals surface area contributed by atoms with Crippen LogP contribution < -0.4 is 5.32 Å². The molecule has 3 heteroatoms. The van der Waals surface area contributed by atoms with Crippen LogP contribution in [0, 0.1) is 11.3 Å². The van der Waals surface area contributed by atoms with Crippen molar-refractivity contribution in [2.24, 2.45) is 0 Å². The average Bonchev–Trinajstić information content (AvgIpc) is 2.25. The lowest BCUT2D eigenvalue weighted by Gasteiger charge is -2.14. The van der Waals surface area contributed by atoms with Gasteiger partial charge < -0.3 is 5.32 Å². The molecular weight excluding hydrogens is 208 g/mol. The van der Waals surface area contributed by atoms with E-state index < -0.39 is 0 Å². The summed E-state index contributed by atoms with van der Waals surface area (Å²) in [6.07, 6.45) is 1.48. The van der Waals surface area contributed by atoms with E-state index in [4.69, 9.17) is 16.9 Å². The molecule has 0 spiro atoms. The summed E-state index contributed by atoms with van der Waals surface area (Å²) in [5, 5.41) is 12.5. The van der Waals surface area contributed by atoms with Crippen LogP contribution in [0.2, 0.25) is 5.02 Å². The summed E-state index contributed by atoms with van der Waals surface area (Å²) in [4.78, 5) is 0. The molecule has 1 aromatic carbocycles. The maximum Gasteiger partial charge on any atom is 0.0622 e. The number of halogens is 1. The summed E-state index contributed by atoms with van der Waals surface area (Å²) in [5.41, 5.74) is 1.11. The third-order valence-electron chi connectivity index (χ3n) is 2.29. The molecule has 0 aliphatic heterocycles. The molecule has 15 heavy (non-hydrogen) atoms. The van der Waals surface area contributed by atoms with Gasteiger partial charge in [0, 0.05) is 17.5 Å². The molecule has 0 saturated carbocycles. The molecule has 1 atom stereocenters. The summed E-state index contributed by atoms with van der Waals surface area (Å²) < 4.78 is 0. The minimum Gasteiger partial charge on any atom is -0.310 e. The van der Waals surface area contributed by atoms with Crippen molar-refractivity contribution in [2.75, 3.05) is 6.54 Å². The first-order chi connectivity index (χ1) is 7.25. The zero-order valence-corrected chi connectivity index (χ0v) is 9.59. The van der Waals surface area contributed by atoms with Gasteiger partial charge in [-0.2, -0.15) is 5.26 Å². The van der Waals surface area contributed by atoms with E-state index in [0.717, 1.165) is 23.6 Å². The van der Waals surface area contributed by atoms with Crippen molar-refractivity contribution in [1.29, 1.82) is 5.26 Å². The fraction of sp³-hybridized carbons (Fsp3) is 0.417. The Morgan fingerprint density at radius 2 is 2.20 bits per heavy atom. The highest BCUT2D eigenvalue weighted by Crippen LogP contribution is 2.21. The Kier molecular flexibility index (Phi) is 5.17. The number of nitriles is 1. The predicted octanol–water partition coefficient (Wildman–Crippen LogP) is 3.29. The van der Waals surface area contributed by atoms with E-state index in [2.05, 4.69) is 18.3 Å². The van der Waals surface area contributed by atoms with Gasteiger partial charge in [0.05, 0.1) is 6.07 Å². The fourth-order valence-corrected chi connectivity index (χ4v) is 1.72. The van der Waals surface area contributed by atoms with Crippen molar-refractivity contribution < 1.29 is 0 Å². The van der Waals surface area contributed by atoms with Crippen molar-refractivity contribution in [2.45, 2.75) is 25.8 Å². The normalized spacial score (nSPS) is 12.1. The van der Waals surface area contributed by atoms with Crippen molar-refractivity contribution in [1.82, 2.24) is 5.32 Å². The highest BCUT2D eigenvalue weighted by molar-refractivity contribution is 6.31. The van der Waals surface area contributed by atoms with Crippen LogP contribution in [-0.2, 0) is 0 Å². The minimum atomic E-state index is 0.234. The summed E-state index contributed by atoms with van der Waals surface area (Å²) in [6.45, 7) is 2.92. The number of nitrogens with one attached hydrogen (secondary N) is 1. The standard InChI is InChI=1S/C12H15ClN2/c1-10(15-9-5-4-8-14)11-6-2-3-7-12(11)13/h2-3,6-7,10,15H,4-5,9H2,1H3/t10-/m0/s1. The van der Waals surface area contributed by atoms with Crippen LogP contribution in [0.5, 0.6) is 0 Å². The van der Waals surface area contributed by atoms with Gasteiger partial charge in [0.1, 0.15) is 0 Å². The number of hydrogen-bond donors (Lipinski definition) is 1. The van der Waals surface area contributed by atoms with E-state index in [9.17, 15) is 0 Å². The summed E-state index contributed by atoms with van der Waals surface area (Å²) in [6, 6.07) is 10.2. The van der Waals surface area contributed by atoms with Crippen molar-refractivity contribution in [3.05, 3.63) is 34.9 Å². The molecular formula is C12H15ClN2. The van der Waals surface area contributed by atoms with Gasteiger partial charge in [0.15, 0.2) is 0 Å². The van der Waals surface area contributed by atoms with E-state index >= 15 is 0 Å². The number of hydrogen-bond acceptors (Lipinski definition) is 2. The number of benzene rings is 1. The summed E-state index contributed by atoms with van der Waals surface area (Å²) in [5.74, 6) is 0. The topological polar surface area (TPSA) is 35.8 Å². The molecule has 0 radical (unpaired) electrons. The quantitative estimate of drug-likeness (QED) is 0.776. The summed E-state index contributed by atoms with van der Waals surface area (Å²) >= 11 is 6.07. The maximum atomic E-state index is 8.39. The van der Waals surface area contributed by atoms with E-state index in [0.29, 0.717) is 6.42 Å². The Morgan fingerprint density at radius 1 is 1.47 bits per heavy atom. The molecule has 80 valence electrons. The Labute approximate surface area is 95.9 Å². The van der Waals surface area contributed by atoms with Crippen LogP contribution in [0.3, 0.4) is 0 Å². The Morgan fingerprint density at radius 3 is 2.87 bits per heavy atom. The molecule has 0 aromatic heterocycles. The van der Waals surface area contributed by atoms with Crippen molar-refractivity contribution >= 4 is 11.6 Å². The molecule has 0 aliphatic carbocycles. The third-order valence-corrected chi connectivity index (χ3v) is 2.63. The lowest BCUT2D eigenvalue weighted by Crippen LogP contribution is -2.19. The SMILES string of the molecule is C[C@H](NCCCC#N)c1ccccc1Cl. The second-order valence-electron chi connectivity index (χ2n) is 3.46. The molecule has 0 aliphatic rings. The van der Waals surface area contributed by atoms with Gasteiger partial charge in [-0.05, 0) is 31.5 Å². The number of unbranched alkanes of at least 4 members (excludes halogenated alkanes) is 1. The van der Waals surface area contributed by atoms with Gasteiger partial charge in [-0.15, -0.1) is 0 Å². The number of nitrogens with zero attached hydrogens (tertiary/aromatic N) is 1. The Balaban J connectivity index is 2.44. The van der Waals surface area contributed by atoms with E-state index in [1.54, 1.807) is 0 Å². The predicted molar refractivity (Wildman–Crippen MR) is 62.7 cm³/mol. The minimum absolute atomic E-state index is 0.234.